The van der Waals surface area contributed by atoms with E-state index in [-0.39, 0.29) is 0 Å². The van der Waals surface area contributed by atoms with Gasteiger partial charge in [-0.25, -0.2) is 5.01 Å². The lowest BCUT2D eigenvalue weighted by Gasteiger charge is -2.14. The van der Waals surface area contributed by atoms with Crippen LogP contribution < -0.4 is 5.01 Å². The van der Waals surface area contributed by atoms with Crippen molar-refractivity contribution >= 4 is 28.3 Å². The van der Waals surface area contributed by atoms with Crippen LogP contribution in [0.15, 0.2) is 40.7 Å². The molecule has 0 radical (unpaired) electrons. The molecule has 0 fully saturated rings. The molecule has 0 aromatic heterocycles. The summed E-state index contributed by atoms with van der Waals surface area (Å²) in [6.07, 6.45) is 0. The van der Waals surface area contributed by atoms with Gasteiger partial charge in [0.1, 0.15) is 0 Å². The van der Waals surface area contributed by atoms with Crippen molar-refractivity contribution in [2.45, 2.75) is 6.92 Å². The molecule has 0 aliphatic rings. The molecule has 14 heavy (non-hydrogen) atoms. The minimum atomic E-state index is 0.782. The highest BCUT2D eigenvalue weighted by Gasteiger charge is 1.99. The Morgan fingerprint density at radius 1 is 1.29 bits per heavy atom. The van der Waals surface area contributed by atoms with Crippen molar-refractivity contribution < 1.29 is 0 Å². The number of rotatable bonds is 5. The SMILES string of the molecule is CCN(N=NCCI)c1ccccc1. The van der Waals surface area contributed by atoms with E-state index in [1.54, 1.807) is 0 Å². The molecule has 0 saturated heterocycles. The molecule has 1 rings (SSSR count). The average molecular weight is 303 g/mol. The molecular formula is C10H14IN3. The molecule has 4 heteroatoms. The zero-order valence-corrected chi connectivity index (χ0v) is 10.4. The number of alkyl halides is 1. The van der Waals surface area contributed by atoms with Crippen molar-refractivity contribution in [3.05, 3.63) is 30.3 Å². The summed E-state index contributed by atoms with van der Waals surface area (Å²) in [6.45, 7) is 3.69. The third-order valence-electron chi connectivity index (χ3n) is 1.71. The molecule has 0 bridgehead atoms. The molecule has 3 nitrogen and oxygen atoms in total. The Balaban J connectivity index is 2.63. The van der Waals surface area contributed by atoms with Gasteiger partial charge in [0.15, 0.2) is 0 Å². The molecule has 0 atom stereocenters. The maximum Gasteiger partial charge on any atom is 0.0709 e. The Morgan fingerprint density at radius 3 is 2.57 bits per heavy atom. The molecule has 76 valence electrons. The van der Waals surface area contributed by atoms with Crippen LogP contribution >= 0.6 is 22.6 Å². The lowest BCUT2D eigenvalue weighted by Crippen LogP contribution is -2.14. The summed E-state index contributed by atoms with van der Waals surface area (Å²) >= 11 is 2.29. The zero-order chi connectivity index (χ0) is 10.2. The van der Waals surface area contributed by atoms with Crippen molar-refractivity contribution in [3.63, 3.8) is 0 Å². The minimum absolute atomic E-state index is 0.782. The van der Waals surface area contributed by atoms with Crippen LogP contribution in [-0.2, 0) is 0 Å². The van der Waals surface area contributed by atoms with Crippen LogP contribution in [0.25, 0.3) is 0 Å². The number of benzene rings is 1. The first-order chi connectivity index (χ1) is 6.88. The topological polar surface area (TPSA) is 28.0 Å². The summed E-state index contributed by atoms with van der Waals surface area (Å²) < 4.78 is 1.01. The predicted octanol–water partition coefficient (Wildman–Crippen LogP) is 3.32. The number of hydrogen-bond donors (Lipinski definition) is 0. The van der Waals surface area contributed by atoms with Gasteiger partial charge >= 0.3 is 0 Å². The van der Waals surface area contributed by atoms with Crippen LogP contribution in [0.3, 0.4) is 0 Å². The van der Waals surface area contributed by atoms with E-state index in [9.17, 15) is 0 Å². The van der Waals surface area contributed by atoms with Crippen LogP contribution in [0.1, 0.15) is 6.92 Å². The maximum atomic E-state index is 4.16. The highest BCUT2D eigenvalue weighted by atomic mass is 127. The van der Waals surface area contributed by atoms with Gasteiger partial charge in [-0.15, -0.1) is 0 Å². The molecule has 0 unspecified atom stereocenters. The van der Waals surface area contributed by atoms with Gasteiger partial charge in [0.05, 0.1) is 12.2 Å². The fourth-order valence-corrected chi connectivity index (χ4v) is 1.27. The summed E-state index contributed by atoms with van der Waals surface area (Å²) in [6, 6.07) is 10.1. The maximum absolute atomic E-state index is 4.16. The van der Waals surface area contributed by atoms with Crippen molar-refractivity contribution in [3.8, 4) is 0 Å². The van der Waals surface area contributed by atoms with Crippen LogP contribution in [0.2, 0.25) is 0 Å². The number of para-hydroxylation sites is 1. The molecule has 0 saturated carbocycles. The molecule has 1 aromatic rings. The summed E-state index contributed by atoms with van der Waals surface area (Å²) in [5.41, 5.74) is 1.09. The fourth-order valence-electron chi connectivity index (χ4n) is 1.06. The highest BCUT2D eigenvalue weighted by Crippen LogP contribution is 2.12. The molecular weight excluding hydrogens is 289 g/mol. The van der Waals surface area contributed by atoms with Crippen molar-refractivity contribution in [2.75, 3.05) is 22.5 Å². The zero-order valence-electron chi connectivity index (χ0n) is 8.23. The Bertz CT molecular complexity index is 274. The summed E-state index contributed by atoms with van der Waals surface area (Å²) in [4.78, 5) is 0. The normalized spacial score (nSPS) is 10.7. The second kappa shape index (κ2) is 6.75. The monoisotopic (exact) mass is 303 g/mol. The molecule has 1 aromatic carbocycles. The Kier molecular flexibility index (Phi) is 5.51. The van der Waals surface area contributed by atoms with E-state index in [0.29, 0.717) is 0 Å². The Hall–Kier alpha value is -0.650. The van der Waals surface area contributed by atoms with E-state index in [0.717, 1.165) is 23.2 Å². The van der Waals surface area contributed by atoms with E-state index >= 15 is 0 Å². The number of nitrogens with zero attached hydrogens (tertiary/aromatic N) is 3. The number of anilines is 1. The molecule has 0 spiro atoms. The summed E-state index contributed by atoms with van der Waals surface area (Å²) in [5.74, 6) is 0. The highest BCUT2D eigenvalue weighted by molar-refractivity contribution is 14.1. The van der Waals surface area contributed by atoms with Crippen LogP contribution in [-0.4, -0.2) is 17.5 Å². The predicted molar refractivity (Wildman–Crippen MR) is 68.1 cm³/mol. The second-order valence-corrected chi connectivity index (χ2v) is 3.77. The lowest BCUT2D eigenvalue weighted by molar-refractivity contribution is 0.799. The van der Waals surface area contributed by atoms with Crippen molar-refractivity contribution in [1.29, 1.82) is 0 Å². The first kappa shape index (κ1) is 11.4. The van der Waals surface area contributed by atoms with Crippen LogP contribution in [0.5, 0.6) is 0 Å². The summed E-state index contributed by atoms with van der Waals surface area (Å²) in [5, 5.41) is 10.1. The largest absolute Gasteiger partial charge is 0.248 e. The fraction of sp³-hybridized carbons (Fsp3) is 0.400. The summed E-state index contributed by atoms with van der Waals surface area (Å²) in [7, 11) is 0. The van der Waals surface area contributed by atoms with Gasteiger partial charge in [0, 0.05) is 11.0 Å². The standard InChI is InChI=1S/C10H14IN3/c1-2-14(13-12-9-8-11)10-6-4-3-5-7-10/h3-7H,2,8-9H2,1H3. The van der Waals surface area contributed by atoms with Gasteiger partial charge in [0.25, 0.3) is 0 Å². The van der Waals surface area contributed by atoms with Gasteiger partial charge < -0.3 is 0 Å². The van der Waals surface area contributed by atoms with E-state index in [1.165, 1.54) is 0 Å². The third-order valence-corrected chi connectivity index (χ3v) is 2.19. The lowest BCUT2D eigenvalue weighted by atomic mass is 10.3. The van der Waals surface area contributed by atoms with E-state index in [1.807, 2.05) is 35.3 Å². The van der Waals surface area contributed by atoms with E-state index in [4.69, 9.17) is 0 Å². The Labute approximate surface area is 98.3 Å². The number of halogens is 1. The van der Waals surface area contributed by atoms with Crippen molar-refractivity contribution in [2.24, 2.45) is 10.3 Å². The van der Waals surface area contributed by atoms with Gasteiger partial charge in [-0.2, -0.15) is 5.11 Å². The molecule has 0 heterocycles. The van der Waals surface area contributed by atoms with Gasteiger partial charge in [-0.1, -0.05) is 46.0 Å². The average Bonchev–Trinajstić information content (AvgIpc) is 2.26. The van der Waals surface area contributed by atoms with Gasteiger partial charge in [-0.05, 0) is 19.1 Å². The van der Waals surface area contributed by atoms with E-state index in [2.05, 4.69) is 39.9 Å². The quantitative estimate of drug-likeness (QED) is 0.355. The van der Waals surface area contributed by atoms with Gasteiger partial charge in [-0.3, -0.25) is 0 Å². The first-order valence-electron chi connectivity index (χ1n) is 4.64. The Morgan fingerprint density at radius 2 is 2.00 bits per heavy atom. The van der Waals surface area contributed by atoms with Crippen LogP contribution in [0, 0.1) is 0 Å². The number of hydrogen-bond acceptors (Lipinski definition) is 2. The molecule has 0 aliphatic carbocycles. The first-order valence-corrected chi connectivity index (χ1v) is 6.17. The molecule has 0 amide bonds. The van der Waals surface area contributed by atoms with Crippen LogP contribution in [0.4, 0.5) is 5.69 Å². The molecule has 0 N–H and O–H groups in total. The minimum Gasteiger partial charge on any atom is -0.248 e. The smallest absolute Gasteiger partial charge is 0.0709 e. The van der Waals surface area contributed by atoms with E-state index < -0.39 is 0 Å². The van der Waals surface area contributed by atoms with Crippen molar-refractivity contribution in [1.82, 2.24) is 0 Å². The van der Waals surface area contributed by atoms with Gasteiger partial charge in [0.2, 0.25) is 0 Å². The molecule has 0 aliphatic heterocycles. The second-order valence-electron chi connectivity index (χ2n) is 2.69. The third kappa shape index (κ3) is 3.61.